The highest BCUT2D eigenvalue weighted by Crippen LogP contribution is 2.28. The maximum absolute atomic E-state index is 5.62. The van der Waals surface area contributed by atoms with Crippen LogP contribution in [0.1, 0.15) is 5.82 Å². The highest BCUT2D eigenvalue weighted by atomic mass is 16.5. The maximum Gasteiger partial charge on any atom is 0.253 e. The maximum atomic E-state index is 5.62. The Kier molecular flexibility index (Phi) is 3.08. The topological polar surface area (TPSA) is 86.8 Å². The molecule has 0 aromatic carbocycles. The number of methoxy groups -OCH3 is 1. The quantitative estimate of drug-likeness (QED) is 0.717. The normalized spacial score (nSPS) is 10.5. The smallest absolute Gasteiger partial charge is 0.253 e. The van der Waals surface area contributed by atoms with Crippen LogP contribution in [-0.4, -0.2) is 32.3 Å². The first kappa shape index (κ1) is 12.2. The molecule has 100 valence electrons. The largest absolute Gasteiger partial charge is 0.480 e. The summed E-state index contributed by atoms with van der Waals surface area (Å²) in [5.41, 5.74) is 1.30. The molecule has 3 aromatic heterocycles. The molecule has 0 aliphatic rings. The summed E-state index contributed by atoms with van der Waals surface area (Å²) >= 11 is 0. The van der Waals surface area contributed by atoms with Crippen molar-refractivity contribution in [2.45, 2.75) is 6.92 Å². The summed E-state index contributed by atoms with van der Waals surface area (Å²) < 4.78 is 10.8. The van der Waals surface area contributed by atoms with E-state index in [1.54, 1.807) is 30.7 Å². The molecule has 0 saturated heterocycles. The average molecular weight is 269 g/mol. The molecule has 20 heavy (non-hydrogen) atoms. The van der Waals surface area contributed by atoms with Crippen LogP contribution >= 0.6 is 0 Å². The fourth-order valence-electron chi connectivity index (χ4n) is 1.67. The van der Waals surface area contributed by atoms with Crippen LogP contribution in [0.2, 0.25) is 0 Å². The van der Waals surface area contributed by atoms with Gasteiger partial charge < -0.3 is 9.15 Å². The van der Waals surface area contributed by atoms with Crippen LogP contribution in [-0.2, 0) is 0 Å². The van der Waals surface area contributed by atoms with Crippen molar-refractivity contribution in [1.82, 2.24) is 25.1 Å². The van der Waals surface area contributed by atoms with Crippen molar-refractivity contribution >= 4 is 0 Å². The number of aromatic nitrogens is 5. The Morgan fingerprint density at radius 3 is 2.55 bits per heavy atom. The summed E-state index contributed by atoms with van der Waals surface area (Å²) in [5, 5.41) is 7.99. The summed E-state index contributed by atoms with van der Waals surface area (Å²) in [4.78, 5) is 12.3. The monoisotopic (exact) mass is 269 g/mol. The van der Waals surface area contributed by atoms with E-state index in [1.807, 2.05) is 6.92 Å². The van der Waals surface area contributed by atoms with Crippen LogP contribution < -0.4 is 4.74 Å². The highest BCUT2D eigenvalue weighted by Gasteiger charge is 2.15. The number of aryl methyl sites for hydroxylation is 1. The second-order valence-electron chi connectivity index (χ2n) is 3.99. The Morgan fingerprint density at radius 2 is 1.80 bits per heavy atom. The molecule has 3 heterocycles. The molecule has 0 amide bonds. The molecule has 0 bridgehead atoms. The Labute approximate surface area is 114 Å². The van der Waals surface area contributed by atoms with Crippen molar-refractivity contribution in [3.8, 4) is 28.8 Å². The van der Waals surface area contributed by atoms with Gasteiger partial charge in [-0.05, 0) is 19.1 Å². The SMILES string of the molecule is COc1ncccc1-c1nnc(-c2cnc(C)nc2)o1. The number of ether oxygens (including phenoxy) is 1. The van der Waals surface area contributed by atoms with Crippen molar-refractivity contribution in [3.05, 3.63) is 36.5 Å². The lowest BCUT2D eigenvalue weighted by Gasteiger charge is -2.01. The van der Waals surface area contributed by atoms with Crippen molar-refractivity contribution in [2.75, 3.05) is 7.11 Å². The van der Waals surface area contributed by atoms with Gasteiger partial charge in [-0.3, -0.25) is 0 Å². The zero-order chi connectivity index (χ0) is 13.9. The minimum Gasteiger partial charge on any atom is -0.480 e. The third-order valence-corrected chi connectivity index (χ3v) is 2.65. The number of hydrogen-bond donors (Lipinski definition) is 0. The average Bonchev–Trinajstić information content (AvgIpc) is 2.97. The molecule has 0 spiro atoms. The molecule has 7 heteroatoms. The van der Waals surface area contributed by atoms with Gasteiger partial charge in [0, 0.05) is 18.6 Å². The molecule has 0 fully saturated rings. The van der Waals surface area contributed by atoms with Crippen LogP contribution in [0.4, 0.5) is 0 Å². The van der Waals surface area contributed by atoms with Crippen molar-refractivity contribution < 1.29 is 9.15 Å². The fourth-order valence-corrected chi connectivity index (χ4v) is 1.67. The second-order valence-corrected chi connectivity index (χ2v) is 3.99. The van der Waals surface area contributed by atoms with Gasteiger partial charge in [0.15, 0.2) is 0 Å². The molecular weight excluding hydrogens is 258 g/mol. The molecular formula is C13H11N5O2. The van der Waals surface area contributed by atoms with E-state index in [4.69, 9.17) is 9.15 Å². The third-order valence-electron chi connectivity index (χ3n) is 2.65. The van der Waals surface area contributed by atoms with Gasteiger partial charge >= 0.3 is 0 Å². The van der Waals surface area contributed by atoms with E-state index in [9.17, 15) is 0 Å². The van der Waals surface area contributed by atoms with Gasteiger partial charge in [0.1, 0.15) is 11.4 Å². The standard InChI is InChI=1S/C13H11N5O2/c1-8-15-6-9(7-16-8)11-17-18-13(20-11)10-4-3-5-14-12(10)19-2/h3-7H,1-2H3. The van der Waals surface area contributed by atoms with Crippen LogP contribution in [0.25, 0.3) is 22.9 Å². The summed E-state index contributed by atoms with van der Waals surface area (Å²) in [5.74, 6) is 1.81. The number of nitrogens with zero attached hydrogens (tertiary/aromatic N) is 5. The molecule has 0 unspecified atom stereocenters. The van der Waals surface area contributed by atoms with Crippen LogP contribution in [0.5, 0.6) is 5.88 Å². The van der Waals surface area contributed by atoms with Gasteiger partial charge in [0.2, 0.25) is 5.88 Å². The van der Waals surface area contributed by atoms with Crippen LogP contribution in [0, 0.1) is 6.92 Å². The molecule has 7 nitrogen and oxygen atoms in total. The highest BCUT2D eigenvalue weighted by molar-refractivity contribution is 5.61. The predicted molar refractivity (Wildman–Crippen MR) is 69.8 cm³/mol. The number of hydrogen-bond acceptors (Lipinski definition) is 7. The van der Waals surface area contributed by atoms with Crippen LogP contribution in [0.3, 0.4) is 0 Å². The molecule has 0 radical (unpaired) electrons. The van der Waals surface area contributed by atoms with E-state index >= 15 is 0 Å². The Hall–Kier alpha value is -2.83. The van der Waals surface area contributed by atoms with E-state index in [-0.39, 0.29) is 0 Å². The first-order valence-electron chi connectivity index (χ1n) is 5.90. The van der Waals surface area contributed by atoms with Gasteiger partial charge in [0.05, 0.1) is 12.7 Å². The van der Waals surface area contributed by atoms with Gasteiger partial charge in [-0.25, -0.2) is 15.0 Å². The lowest BCUT2D eigenvalue weighted by molar-refractivity contribution is 0.397. The summed E-state index contributed by atoms with van der Waals surface area (Å²) in [6.45, 7) is 1.81. The van der Waals surface area contributed by atoms with E-state index < -0.39 is 0 Å². The van der Waals surface area contributed by atoms with Crippen LogP contribution in [0.15, 0.2) is 35.1 Å². The number of rotatable bonds is 3. The predicted octanol–water partition coefficient (Wildman–Crippen LogP) is 1.91. The molecule has 0 atom stereocenters. The second kappa shape index (κ2) is 5.04. The first-order chi connectivity index (χ1) is 9.78. The Bertz CT molecular complexity index is 724. The lowest BCUT2D eigenvalue weighted by Crippen LogP contribution is -1.90. The number of pyridine rings is 1. The zero-order valence-corrected chi connectivity index (χ0v) is 10.9. The van der Waals surface area contributed by atoms with Gasteiger partial charge in [0.25, 0.3) is 11.8 Å². The van der Waals surface area contributed by atoms with Crippen molar-refractivity contribution in [1.29, 1.82) is 0 Å². The minimum absolute atomic E-state index is 0.338. The first-order valence-corrected chi connectivity index (χ1v) is 5.90. The fraction of sp³-hybridized carbons (Fsp3) is 0.154. The summed E-state index contributed by atoms with van der Waals surface area (Å²) in [6, 6.07) is 3.57. The molecule has 0 saturated carbocycles. The molecule has 3 aromatic rings. The Balaban J connectivity index is 2.00. The zero-order valence-electron chi connectivity index (χ0n) is 10.9. The van der Waals surface area contributed by atoms with Gasteiger partial charge in [-0.2, -0.15) is 0 Å². The third kappa shape index (κ3) is 2.20. The van der Waals surface area contributed by atoms with Crippen molar-refractivity contribution in [2.24, 2.45) is 0 Å². The minimum atomic E-state index is 0.338. The summed E-state index contributed by atoms with van der Waals surface area (Å²) in [7, 11) is 1.54. The van der Waals surface area contributed by atoms with Gasteiger partial charge in [-0.1, -0.05) is 0 Å². The summed E-state index contributed by atoms with van der Waals surface area (Å²) in [6.07, 6.45) is 4.91. The van der Waals surface area contributed by atoms with E-state index in [2.05, 4.69) is 25.1 Å². The van der Waals surface area contributed by atoms with E-state index in [0.29, 0.717) is 34.6 Å². The van der Waals surface area contributed by atoms with E-state index in [0.717, 1.165) is 0 Å². The van der Waals surface area contributed by atoms with E-state index in [1.165, 1.54) is 7.11 Å². The lowest BCUT2D eigenvalue weighted by atomic mass is 10.3. The molecule has 0 aliphatic carbocycles. The Morgan fingerprint density at radius 1 is 1.05 bits per heavy atom. The molecule has 0 aliphatic heterocycles. The van der Waals surface area contributed by atoms with Gasteiger partial charge in [-0.15, -0.1) is 10.2 Å². The molecule has 3 rings (SSSR count). The molecule has 0 N–H and O–H groups in total. The van der Waals surface area contributed by atoms with Crippen molar-refractivity contribution in [3.63, 3.8) is 0 Å².